The van der Waals surface area contributed by atoms with Crippen molar-refractivity contribution in [2.75, 3.05) is 13.1 Å². The summed E-state index contributed by atoms with van der Waals surface area (Å²) in [5, 5.41) is 19.1. The lowest BCUT2D eigenvalue weighted by molar-refractivity contribution is 0.155. The zero-order valence-electron chi connectivity index (χ0n) is 15.0. The Morgan fingerprint density at radius 2 is 1.96 bits per heavy atom. The molecule has 3 heterocycles. The zero-order valence-corrected chi connectivity index (χ0v) is 15.0. The molecule has 134 valence electrons. The first kappa shape index (κ1) is 16.7. The molecule has 0 amide bonds. The minimum absolute atomic E-state index is 0.178. The van der Waals surface area contributed by atoms with Crippen LogP contribution in [0.5, 0.6) is 0 Å². The summed E-state index contributed by atoms with van der Waals surface area (Å²) >= 11 is 0. The molecule has 6 heteroatoms. The summed E-state index contributed by atoms with van der Waals surface area (Å²) < 4.78 is 2.28. The van der Waals surface area contributed by atoms with Crippen molar-refractivity contribution in [3.63, 3.8) is 0 Å². The number of β-amino-alcohol motifs (C(OH)–C–C–N with tert-alkyl or cyclic N) is 1. The molecule has 1 aromatic heterocycles. The van der Waals surface area contributed by atoms with Crippen LogP contribution in [-0.2, 0) is 19.6 Å². The van der Waals surface area contributed by atoms with Gasteiger partial charge in [-0.05, 0) is 25.8 Å². The van der Waals surface area contributed by atoms with Crippen LogP contribution in [0.2, 0.25) is 0 Å². The van der Waals surface area contributed by atoms with Crippen molar-refractivity contribution in [1.82, 2.24) is 24.6 Å². The van der Waals surface area contributed by atoms with E-state index in [2.05, 4.69) is 68.7 Å². The summed E-state index contributed by atoms with van der Waals surface area (Å²) in [5.41, 5.74) is 1.33. The summed E-state index contributed by atoms with van der Waals surface area (Å²) in [6.45, 7) is 8.79. The van der Waals surface area contributed by atoms with E-state index in [1.54, 1.807) is 0 Å². The normalized spacial score (nSPS) is 24.8. The van der Waals surface area contributed by atoms with E-state index in [4.69, 9.17) is 0 Å². The van der Waals surface area contributed by atoms with Crippen LogP contribution in [0.25, 0.3) is 0 Å². The number of aromatic nitrogens is 3. The molecule has 2 aromatic rings. The number of aliphatic hydroxyl groups is 1. The van der Waals surface area contributed by atoms with E-state index in [0.29, 0.717) is 6.04 Å². The molecule has 1 fully saturated rings. The summed E-state index contributed by atoms with van der Waals surface area (Å²) in [6, 6.07) is 11.2. The maximum atomic E-state index is 10.1. The van der Waals surface area contributed by atoms with Gasteiger partial charge in [0.25, 0.3) is 0 Å². The first-order valence-electron chi connectivity index (χ1n) is 9.24. The third-order valence-corrected chi connectivity index (χ3v) is 5.39. The molecule has 6 nitrogen and oxygen atoms in total. The fourth-order valence-corrected chi connectivity index (χ4v) is 4.12. The number of hydrogen-bond donors (Lipinski definition) is 1. The summed E-state index contributed by atoms with van der Waals surface area (Å²) in [7, 11) is 0. The molecule has 0 bridgehead atoms. The van der Waals surface area contributed by atoms with Crippen LogP contribution >= 0.6 is 0 Å². The first-order chi connectivity index (χ1) is 12.1. The molecule has 0 aliphatic carbocycles. The Balaban J connectivity index is 1.51. The second kappa shape index (κ2) is 6.86. The van der Waals surface area contributed by atoms with Gasteiger partial charge in [0.05, 0.1) is 18.7 Å². The Kier molecular flexibility index (Phi) is 4.58. The maximum absolute atomic E-state index is 10.1. The van der Waals surface area contributed by atoms with Crippen molar-refractivity contribution in [3.05, 3.63) is 47.5 Å². The van der Waals surface area contributed by atoms with Gasteiger partial charge in [0, 0.05) is 32.2 Å². The fourth-order valence-electron chi connectivity index (χ4n) is 4.12. The molecule has 2 aliphatic heterocycles. The highest BCUT2D eigenvalue weighted by Crippen LogP contribution is 2.33. The van der Waals surface area contributed by atoms with Crippen LogP contribution in [0.15, 0.2) is 30.3 Å². The molecule has 1 saturated heterocycles. The average Bonchev–Trinajstić information content (AvgIpc) is 3.18. The number of rotatable bonds is 4. The second-order valence-electron chi connectivity index (χ2n) is 7.52. The molecule has 2 aliphatic rings. The van der Waals surface area contributed by atoms with Gasteiger partial charge in [-0.15, -0.1) is 10.2 Å². The topological polar surface area (TPSA) is 57.4 Å². The number of aliphatic hydroxyl groups excluding tert-OH is 1. The molecule has 0 saturated carbocycles. The highest BCUT2D eigenvalue weighted by Gasteiger charge is 2.37. The smallest absolute Gasteiger partial charge is 0.150 e. The van der Waals surface area contributed by atoms with Gasteiger partial charge in [0.2, 0.25) is 0 Å². The summed E-state index contributed by atoms with van der Waals surface area (Å²) in [5.74, 6) is 2.07. The molecule has 25 heavy (non-hydrogen) atoms. The van der Waals surface area contributed by atoms with Crippen molar-refractivity contribution in [1.29, 1.82) is 0 Å². The van der Waals surface area contributed by atoms with E-state index in [0.717, 1.165) is 50.8 Å². The van der Waals surface area contributed by atoms with Crippen molar-refractivity contribution in [2.24, 2.45) is 0 Å². The van der Waals surface area contributed by atoms with Crippen LogP contribution in [0.1, 0.15) is 43.5 Å². The van der Waals surface area contributed by atoms with Gasteiger partial charge < -0.3 is 9.67 Å². The lowest BCUT2D eigenvalue weighted by Crippen LogP contribution is -2.36. The van der Waals surface area contributed by atoms with Crippen molar-refractivity contribution < 1.29 is 5.11 Å². The zero-order chi connectivity index (χ0) is 17.4. The molecule has 0 spiro atoms. The highest BCUT2D eigenvalue weighted by atomic mass is 16.3. The van der Waals surface area contributed by atoms with E-state index >= 15 is 0 Å². The summed E-state index contributed by atoms with van der Waals surface area (Å²) in [6.07, 6.45) is 0.489. The number of benzene rings is 1. The Morgan fingerprint density at radius 3 is 2.72 bits per heavy atom. The minimum atomic E-state index is -0.265. The average molecular weight is 341 g/mol. The fraction of sp³-hybridized carbons (Fsp3) is 0.579. The van der Waals surface area contributed by atoms with Gasteiger partial charge in [-0.1, -0.05) is 30.3 Å². The predicted molar refractivity (Wildman–Crippen MR) is 95.8 cm³/mol. The van der Waals surface area contributed by atoms with Gasteiger partial charge in [-0.3, -0.25) is 9.80 Å². The second-order valence-corrected chi connectivity index (χ2v) is 7.52. The Hall–Kier alpha value is -1.76. The summed E-state index contributed by atoms with van der Waals surface area (Å²) in [4.78, 5) is 4.77. The highest BCUT2D eigenvalue weighted by molar-refractivity contribution is 5.15. The van der Waals surface area contributed by atoms with Gasteiger partial charge in [-0.25, -0.2) is 0 Å². The quantitative estimate of drug-likeness (QED) is 0.919. The van der Waals surface area contributed by atoms with E-state index < -0.39 is 0 Å². The Labute approximate surface area is 149 Å². The van der Waals surface area contributed by atoms with Gasteiger partial charge in [0.15, 0.2) is 5.82 Å². The van der Waals surface area contributed by atoms with E-state index in [-0.39, 0.29) is 12.1 Å². The number of nitrogens with zero attached hydrogens (tertiary/aromatic N) is 5. The SMILES string of the molecule is CC(C)N1C[C@@H](O)C[C@H]1c1nnc2n1CCN(Cc1ccccc1)C2. The standard InChI is InChI=1S/C19H27N5O/c1-14(2)24-12-16(25)10-17(24)19-21-20-18-13-22(8-9-23(18)19)11-15-6-4-3-5-7-15/h3-7,14,16-17,25H,8-13H2,1-2H3/t16-,17-/m0/s1. The molecule has 0 radical (unpaired) electrons. The number of fused-ring (bicyclic) bond motifs is 1. The lowest BCUT2D eigenvalue weighted by atomic mass is 10.1. The van der Waals surface area contributed by atoms with Crippen LogP contribution in [-0.4, -0.2) is 54.9 Å². The number of hydrogen-bond acceptors (Lipinski definition) is 5. The largest absolute Gasteiger partial charge is 0.392 e. The van der Waals surface area contributed by atoms with Gasteiger partial charge in [0.1, 0.15) is 5.82 Å². The van der Waals surface area contributed by atoms with Crippen LogP contribution in [0.3, 0.4) is 0 Å². The van der Waals surface area contributed by atoms with Crippen molar-refractivity contribution in [2.45, 2.75) is 58.1 Å². The van der Waals surface area contributed by atoms with E-state index in [1.807, 2.05) is 0 Å². The maximum Gasteiger partial charge on any atom is 0.150 e. The first-order valence-corrected chi connectivity index (χ1v) is 9.24. The minimum Gasteiger partial charge on any atom is -0.392 e. The molecule has 1 aromatic carbocycles. The molecule has 2 atom stereocenters. The molecular weight excluding hydrogens is 314 g/mol. The Morgan fingerprint density at radius 1 is 1.16 bits per heavy atom. The predicted octanol–water partition coefficient (Wildman–Crippen LogP) is 1.81. The van der Waals surface area contributed by atoms with E-state index in [1.165, 1.54) is 5.56 Å². The molecular formula is C19H27N5O. The lowest BCUT2D eigenvalue weighted by Gasteiger charge is -2.31. The van der Waals surface area contributed by atoms with Crippen molar-refractivity contribution >= 4 is 0 Å². The van der Waals surface area contributed by atoms with Crippen LogP contribution in [0, 0.1) is 0 Å². The number of likely N-dealkylation sites (tertiary alicyclic amines) is 1. The van der Waals surface area contributed by atoms with Gasteiger partial charge >= 0.3 is 0 Å². The third kappa shape index (κ3) is 3.34. The molecule has 1 N–H and O–H groups in total. The van der Waals surface area contributed by atoms with Gasteiger partial charge in [-0.2, -0.15) is 0 Å². The van der Waals surface area contributed by atoms with Crippen molar-refractivity contribution in [3.8, 4) is 0 Å². The molecule has 4 rings (SSSR count). The molecule has 0 unspecified atom stereocenters. The van der Waals surface area contributed by atoms with Crippen LogP contribution in [0.4, 0.5) is 0 Å². The van der Waals surface area contributed by atoms with E-state index in [9.17, 15) is 5.11 Å². The monoisotopic (exact) mass is 341 g/mol. The third-order valence-electron chi connectivity index (χ3n) is 5.39. The Bertz CT molecular complexity index is 714. The van der Waals surface area contributed by atoms with Crippen LogP contribution < -0.4 is 0 Å².